The van der Waals surface area contributed by atoms with Crippen molar-refractivity contribution in [3.63, 3.8) is 0 Å². The Morgan fingerprint density at radius 2 is 2.13 bits per heavy atom. The number of allylic oxidation sites excluding steroid dienone is 3. The number of aromatic hydroxyl groups is 1. The summed E-state index contributed by atoms with van der Waals surface area (Å²) in [5, 5.41) is 21.2. The minimum Gasteiger partial charge on any atom is -0.505 e. The van der Waals surface area contributed by atoms with Gasteiger partial charge in [0.25, 0.3) is 0 Å². The van der Waals surface area contributed by atoms with Crippen LogP contribution in [0.2, 0.25) is 0 Å². The molecule has 7 heteroatoms. The lowest BCUT2D eigenvalue weighted by Gasteiger charge is -2.29. The van der Waals surface area contributed by atoms with Gasteiger partial charge in [-0.15, -0.1) is 0 Å². The fourth-order valence-corrected chi connectivity index (χ4v) is 3.34. The number of phenols is 1. The second-order valence-corrected chi connectivity index (χ2v) is 6.31. The van der Waals surface area contributed by atoms with Crippen molar-refractivity contribution in [2.24, 2.45) is 10.9 Å². The van der Waals surface area contributed by atoms with Gasteiger partial charge in [-0.05, 0) is 41.8 Å². The minimum absolute atomic E-state index is 0.207. The monoisotopic (exact) mass is 386 g/mol. The topological polar surface area (TPSA) is 78.8 Å². The van der Waals surface area contributed by atoms with Gasteiger partial charge in [-0.1, -0.05) is 40.5 Å². The quantitative estimate of drug-likeness (QED) is 0.241. The number of hydrogen-bond acceptors (Lipinski definition) is 3. The second-order valence-electron chi connectivity index (χ2n) is 5.39. The molecule has 0 fully saturated rings. The fourth-order valence-electron chi connectivity index (χ4n) is 2.58. The van der Waals surface area contributed by atoms with Crippen molar-refractivity contribution in [1.82, 2.24) is 0 Å². The molecular formula is C16H17BrF2N2O2. The first kappa shape index (κ1) is 17.5. The van der Waals surface area contributed by atoms with Gasteiger partial charge in [0.05, 0.1) is 4.83 Å². The van der Waals surface area contributed by atoms with E-state index in [1.165, 1.54) is 24.3 Å². The first-order valence-electron chi connectivity index (χ1n) is 7.06. The zero-order chi connectivity index (χ0) is 17.2. The Hall–Kier alpha value is -1.89. The lowest BCUT2D eigenvalue weighted by atomic mass is 9.83. The Balaban J connectivity index is 2.56. The van der Waals surface area contributed by atoms with Crippen molar-refractivity contribution in [3.8, 4) is 5.75 Å². The molecule has 1 aromatic rings. The summed E-state index contributed by atoms with van der Waals surface area (Å²) in [6, 6.07) is 3.81. The van der Waals surface area contributed by atoms with Crippen LogP contribution >= 0.6 is 15.9 Å². The maximum absolute atomic E-state index is 15.1. The molecule has 0 aromatic heterocycles. The summed E-state index contributed by atoms with van der Waals surface area (Å²) < 4.78 is 28.7. The number of nitrogens with two attached hydrogens (primary N) is 1. The highest BCUT2D eigenvalue weighted by molar-refractivity contribution is 9.10. The molecule has 0 radical (unpaired) electrons. The highest BCUT2D eigenvalue weighted by Crippen LogP contribution is 2.40. The van der Waals surface area contributed by atoms with Crippen LogP contribution in [0, 0.1) is 5.82 Å². The third-order valence-electron chi connectivity index (χ3n) is 3.65. The Kier molecular flexibility index (Phi) is 5.09. The molecule has 0 bridgehead atoms. The Morgan fingerprint density at radius 1 is 1.43 bits per heavy atom. The number of rotatable bonds is 4. The Morgan fingerprint density at radius 3 is 2.70 bits per heavy atom. The molecule has 2 unspecified atom stereocenters. The number of halogens is 3. The SMILES string of the molecule is CCCC1(F)C=C(/C(N)=N/O)C(Br)C(c2ccc(O)c(F)c2)=C1. The van der Waals surface area contributed by atoms with E-state index in [0.717, 1.165) is 6.07 Å². The van der Waals surface area contributed by atoms with Gasteiger partial charge in [-0.2, -0.15) is 0 Å². The first-order valence-corrected chi connectivity index (χ1v) is 7.98. The Bertz CT molecular complexity index is 703. The zero-order valence-electron chi connectivity index (χ0n) is 12.4. The van der Waals surface area contributed by atoms with Crippen LogP contribution in [0.25, 0.3) is 5.57 Å². The van der Waals surface area contributed by atoms with Crippen LogP contribution < -0.4 is 5.73 Å². The molecule has 0 saturated carbocycles. The van der Waals surface area contributed by atoms with E-state index in [4.69, 9.17) is 10.9 Å². The third kappa shape index (κ3) is 3.55. The van der Waals surface area contributed by atoms with Crippen LogP contribution in [-0.4, -0.2) is 26.6 Å². The summed E-state index contributed by atoms with van der Waals surface area (Å²) in [5.74, 6) is -1.50. The second kappa shape index (κ2) is 6.70. The van der Waals surface area contributed by atoms with Gasteiger partial charge in [-0.25, -0.2) is 8.78 Å². The average molecular weight is 387 g/mol. The van der Waals surface area contributed by atoms with E-state index in [0.29, 0.717) is 17.6 Å². The molecule has 4 nitrogen and oxygen atoms in total. The van der Waals surface area contributed by atoms with Crippen molar-refractivity contribution in [3.05, 3.63) is 47.3 Å². The highest BCUT2D eigenvalue weighted by atomic mass is 79.9. The van der Waals surface area contributed by atoms with E-state index in [2.05, 4.69) is 21.1 Å². The molecule has 23 heavy (non-hydrogen) atoms. The molecule has 4 N–H and O–H groups in total. The standard InChI is InChI=1S/C16H17BrF2N2O2/c1-2-5-16(19)7-10(9-3-4-13(22)12(18)6-9)14(17)11(8-16)15(20)21-23/h3-4,6-8,14,22-23H,2,5H2,1H3,(H2,20,21). The van der Waals surface area contributed by atoms with Gasteiger partial charge >= 0.3 is 0 Å². The third-order valence-corrected chi connectivity index (χ3v) is 4.64. The predicted molar refractivity (Wildman–Crippen MR) is 89.0 cm³/mol. The first-order chi connectivity index (χ1) is 10.8. The lowest BCUT2D eigenvalue weighted by molar-refractivity contribution is 0.274. The molecule has 1 aliphatic rings. The number of alkyl halides is 2. The number of nitrogens with zero attached hydrogens (tertiary/aromatic N) is 1. The molecule has 1 aromatic carbocycles. The molecule has 0 saturated heterocycles. The number of amidine groups is 1. The summed E-state index contributed by atoms with van der Waals surface area (Å²) >= 11 is 3.39. The van der Waals surface area contributed by atoms with E-state index >= 15 is 4.39 Å². The van der Waals surface area contributed by atoms with E-state index in [-0.39, 0.29) is 17.8 Å². The van der Waals surface area contributed by atoms with Gasteiger partial charge in [0.1, 0.15) is 5.67 Å². The molecule has 124 valence electrons. The molecule has 0 spiro atoms. The maximum atomic E-state index is 15.1. The molecule has 0 heterocycles. The summed E-state index contributed by atoms with van der Waals surface area (Å²) in [5.41, 5.74) is 4.98. The molecule has 2 rings (SSSR count). The van der Waals surface area contributed by atoms with E-state index in [1.54, 1.807) is 0 Å². The van der Waals surface area contributed by atoms with Crippen LogP contribution in [0.1, 0.15) is 25.3 Å². The lowest BCUT2D eigenvalue weighted by Crippen LogP contribution is -2.31. The number of benzene rings is 1. The van der Waals surface area contributed by atoms with Gasteiger partial charge in [0.15, 0.2) is 17.4 Å². The maximum Gasteiger partial charge on any atom is 0.167 e. The number of oxime groups is 1. The largest absolute Gasteiger partial charge is 0.505 e. The summed E-state index contributed by atoms with van der Waals surface area (Å²) in [4.78, 5) is -0.567. The Labute approximate surface area is 141 Å². The summed E-state index contributed by atoms with van der Waals surface area (Å²) in [7, 11) is 0. The number of hydrogen-bond donors (Lipinski definition) is 3. The molecule has 1 aliphatic carbocycles. The van der Waals surface area contributed by atoms with Crippen molar-refractivity contribution >= 4 is 27.3 Å². The summed E-state index contributed by atoms with van der Waals surface area (Å²) in [6.07, 6.45) is 3.50. The van der Waals surface area contributed by atoms with Gasteiger partial charge in [0.2, 0.25) is 0 Å². The van der Waals surface area contributed by atoms with Crippen LogP contribution in [0.15, 0.2) is 41.1 Å². The van der Waals surface area contributed by atoms with Crippen molar-refractivity contribution < 1.29 is 19.1 Å². The zero-order valence-corrected chi connectivity index (χ0v) is 14.0. The molecule has 2 atom stereocenters. The average Bonchev–Trinajstić information content (AvgIpc) is 2.51. The normalized spacial score (nSPS) is 25.0. The molecule has 0 amide bonds. The van der Waals surface area contributed by atoms with Crippen molar-refractivity contribution in [2.45, 2.75) is 30.3 Å². The molecule has 0 aliphatic heterocycles. The molecular weight excluding hydrogens is 370 g/mol. The van der Waals surface area contributed by atoms with Crippen LogP contribution in [0.3, 0.4) is 0 Å². The van der Waals surface area contributed by atoms with Crippen LogP contribution in [0.5, 0.6) is 5.75 Å². The van der Waals surface area contributed by atoms with E-state index in [1.807, 2.05) is 6.92 Å². The van der Waals surface area contributed by atoms with Crippen LogP contribution in [-0.2, 0) is 0 Å². The van der Waals surface area contributed by atoms with Crippen LogP contribution in [0.4, 0.5) is 8.78 Å². The predicted octanol–water partition coefficient (Wildman–Crippen LogP) is 3.87. The van der Waals surface area contributed by atoms with Gasteiger partial charge < -0.3 is 16.0 Å². The van der Waals surface area contributed by atoms with E-state index < -0.39 is 22.1 Å². The smallest absolute Gasteiger partial charge is 0.167 e. The van der Waals surface area contributed by atoms with E-state index in [9.17, 15) is 9.50 Å². The van der Waals surface area contributed by atoms with Gasteiger partial charge in [0, 0.05) is 5.57 Å². The minimum atomic E-state index is -1.78. The fraction of sp³-hybridized carbons (Fsp3) is 0.312. The highest BCUT2D eigenvalue weighted by Gasteiger charge is 2.35. The van der Waals surface area contributed by atoms with Crippen molar-refractivity contribution in [1.29, 1.82) is 0 Å². The summed E-state index contributed by atoms with van der Waals surface area (Å²) in [6.45, 7) is 1.84. The van der Waals surface area contributed by atoms with Crippen molar-refractivity contribution in [2.75, 3.05) is 0 Å². The van der Waals surface area contributed by atoms with Gasteiger partial charge in [-0.3, -0.25) is 0 Å². The number of phenolic OH excluding ortho intramolecular Hbond substituents is 1.